The van der Waals surface area contributed by atoms with E-state index >= 15 is 0 Å². The number of nitrogens with zero attached hydrogens (tertiary/aromatic N) is 2. The molecule has 1 aliphatic rings. The van der Waals surface area contributed by atoms with Crippen molar-refractivity contribution in [3.8, 4) is 11.1 Å². The van der Waals surface area contributed by atoms with Crippen LogP contribution in [-0.2, 0) is 0 Å². The number of nitrogens with one attached hydrogen (secondary N) is 2. The number of pyridine rings is 1. The average Bonchev–Trinajstić information content (AvgIpc) is 3.29. The van der Waals surface area contributed by atoms with Crippen LogP contribution in [0.3, 0.4) is 0 Å². The van der Waals surface area contributed by atoms with Gasteiger partial charge in [-0.1, -0.05) is 72.3 Å². The van der Waals surface area contributed by atoms with Crippen LogP contribution in [0.5, 0.6) is 0 Å². The lowest BCUT2D eigenvalue weighted by molar-refractivity contribution is 0.367. The van der Waals surface area contributed by atoms with Gasteiger partial charge in [-0.3, -0.25) is 4.79 Å². The molecule has 0 radical (unpaired) electrons. The molecule has 7 heteroatoms. The van der Waals surface area contributed by atoms with Crippen molar-refractivity contribution in [1.82, 2.24) is 15.3 Å². The van der Waals surface area contributed by atoms with Crippen LogP contribution in [0.1, 0.15) is 23.6 Å². The third kappa shape index (κ3) is 3.92. The standard InChI is InChI=1S/C26H21ClN4OS/c1-28-26(33)31-22(16-8-4-2-5-9-16)15-21(30-31)24-23(17-10-6-3-7-11-17)19-14-18(27)12-13-20(19)29-25(24)32/h2-14,22H,15H2,1H3,(H,28,33)(H,29,32). The first-order valence-electron chi connectivity index (χ1n) is 10.6. The predicted octanol–water partition coefficient (Wildman–Crippen LogP) is 5.50. The van der Waals surface area contributed by atoms with Gasteiger partial charge in [-0.25, -0.2) is 5.01 Å². The molecule has 0 saturated carbocycles. The molecule has 1 aliphatic heterocycles. The zero-order valence-corrected chi connectivity index (χ0v) is 19.5. The molecule has 0 saturated heterocycles. The highest BCUT2D eigenvalue weighted by molar-refractivity contribution is 7.80. The van der Waals surface area contributed by atoms with Crippen LogP contribution in [-0.4, -0.2) is 27.9 Å². The number of halogens is 1. The minimum atomic E-state index is -0.188. The fourth-order valence-electron chi connectivity index (χ4n) is 4.34. The molecule has 0 spiro atoms. The third-order valence-corrected chi connectivity index (χ3v) is 6.47. The minimum Gasteiger partial charge on any atom is -0.364 e. The van der Waals surface area contributed by atoms with Crippen LogP contribution in [0.25, 0.3) is 22.0 Å². The van der Waals surface area contributed by atoms with Gasteiger partial charge in [-0.2, -0.15) is 5.10 Å². The van der Waals surface area contributed by atoms with Gasteiger partial charge in [0, 0.05) is 35.0 Å². The number of H-pyrrole nitrogens is 1. The Bertz CT molecular complexity index is 1430. The fourth-order valence-corrected chi connectivity index (χ4v) is 4.68. The third-order valence-electron chi connectivity index (χ3n) is 5.84. The van der Waals surface area contributed by atoms with E-state index in [1.54, 1.807) is 18.1 Å². The quantitative estimate of drug-likeness (QED) is 0.386. The van der Waals surface area contributed by atoms with Crippen molar-refractivity contribution in [2.45, 2.75) is 12.5 Å². The predicted molar refractivity (Wildman–Crippen MR) is 139 cm³/mol. The highest BCUT2D eigenvalue weighted by Gasteiger charge is 2.33. The number of aromatic amines is 1. The van der Waals surface area contributed by atoms with Gasteiger partial charge < -0.3 is 10.3 Å². The lowest BCUT2D eigenvalue weighted by atomic mass is 9.91. The van der Waals surface area contributed by atoms with Crippen molar-refractivity contribution in [2.75, 3.05) is 7.05 Å². The van der Waals surface area contributed by atoms with Crippen molar-refractivity contribution in [1.29, 1.82) is 0 Å². The topological polar surface area (TPSA) is 60.5 Å². The van der Waals surface area contributed by atoms with Crippen LogP contribution < -0.4 is 10.9 Å². The van der Waals surface area contributed by atoms with Crippen LogP contribution in [0.15, 0.2) is 88.8 Å². The first kappa shape index (κ1) is 21.4. The second-order valence-corrected chi connectivity index (χ2v) is 8.66. The van der Waals surface area contributed by atoms with E-state index in [4.69, 9.17) is 28.9 Å². The van der Waals surface area contributed by atoms with Gasteiger partial charge >= 0.3 is 0 Å². The van der Waals surface area contributed by atoms with E-state index in [-0.39, 0.29) is 11.6 Å². The highest BCUT2D eigenvalue weighted by Crippen LogP contribution is 2.37. The van der Waals surface area contributed by atoms with Gasteiger partial charge in [-0.15, -0.1) is 0 Å². The lowest BCUT2D eigenvalue weighted by Crippen LogP contribution is -2.34. The molecule has 1 unspecified atom stereocenters. The maximum atomic E-state index is 13.5. The van der Waals surface area contributed by atoms with E-state index in [2.05, 4.69) is 22.4 Å². The Kier molecular flexibility index (Phi) is 5.70. The SMILES string of the molecule is CNC(=S)N1N=C(c2c(-c3ccccc3)c3cc(Cl)ccc3[nH]c2=O)CC1c1ccccc1. The van der Waals surface area contributed by atoms with Crippen molar-refractivity contribution in [3.63, 3.8) is 0 Å². The van der Waals surface area contributed by atoms with Crippen molar-refractivity contribution in [2.24, 2.45) is 5.10 Å². The number of fused-ring (bicyclic) bond motifs is 1. The van der Waals surface area contributed by atoms with Gasteiger partial charge in [-0.05, 0) is 41.5 Å². The van der Waals surface area contributed by atoms with E-state index in [9.17, 15) is 4.79 Å². The largest absolute Gasteiger partial charge is 0.364 e. The van der Waals surface area contributed by atoms with Crippen molar-refractivity contribution < 1.29 is 0 Å². The van der Waals surface area contributed by atoms with Gasteiger partial charge in [0.05, 0.1) is 17.3 Å². The van der Waals surface area contributed by atoms with Crippen LogP contribution in [0.4, 0.5) is 0 Å². The van der Waals surface area contributed by atoms with Gasteiger partial charge in [0.2, 0.25) is 0 Å². The van der Waals surface area contributed by atoms with E-state index in [1.807, 2.05) is 60.7 Å². The number of benzene rings is 3. The summed E-state index contributed by atoms with van der Waals surface area (Å²) in [7, 11) is 1.78. The summed E-state index contributed by atoms with van der Waals surface area (Å²) in [5, 5.41) is 11.6. The molecule has 164 valence electrons. The lowest BCUT2D eigenvalue weighted by Gasteiger charge is -2.23. The smallest absolute Gasteiger partial charge is 0.258 e. The summed E-state index contributed by atoms with van der Waals surface area (Å²) in [6, 6.07) is 25.3. The molecule has 1 atom stereocenters. The summed E-state index contributed by atoms with van der Waals surface area (Å²) < 4.78 is 0. The van der Waals surface area contributed by atoms with Crippen LogP contribution >= 0.6 is 23.8 Å². The molecule has 0 fully saturated rings. The van der Waals surface area contributed by atoms with Gasteiger partial charge in [0.1, 0.15) is 0 Å². The van der Waals surface area contributed by atoms with Crippen molar-refractivity contribution >= 4 is 45.5 Å². The normalized spacial score (nSPS) is 15.5. The summed E-state index contributed by atoms with van der Waals surface area (Å²) in [4.78, 5) is 16.5. The maximum Gasteiger partial charge on any atom is 0.258 e. The van der Waals surface area contributed by atoms with E-state index in [1.165, 1.54) is 0 Å². The van der Waals surface area contributed by atoms with Crippen LogP contribution in [0.2, 0.25) is 5.02 Å². The molecule has 5 nitrogen and oxygen atoms in total. The zero-order valence-electron chi connectivity index (χ0n) is 17.9. The molecular formula is C26H21ClN4OS. The molecule has 4 aromatic rings. The van der Waals surface area contributed by atoms with Gasteiger partial charge in [0.15, 0.2) is 5.11 Å². The van der Waals surface area contributed by atoms with E-state index in [0.717, 1.165) is 27.6 Å². The molecule has 2 heterocycles. The molecule has 1 aromatic heterocycles. The zero-order chi connectivity index (χ0) is 22.9. The summed E-state index contributed by atoms with van der Waals surface area (Å²) in [5.74, 6) is 0. The number of thiocarbonyl (C=S) groups is 1. The van der Waals surface area contributed by atoms with Crippen LogP contribution in [0, 0.1) is 0 Å². The Morgan fingerprint density at radius 2 is 1.76 bits per heavy atom. The van der Waals surface area contributed by atoms with E-state index in [0.29, 0.717) is 27.8 Å². The molecule has 5 rings (SSSR count). The molecule has 33 heavy (non-hydrogen) atoms. The number of hydrogen-bond donors (Lipinski definition) is 2. The maximum absolute atomic E-state index is 13.5. The van der Waals surface area contributed by atoms with E-state index < -0.39 is 0 Å². The fraction of sp³-hybridized carbons (Fsp3) is 0.115. The molecule has 0 amide bonds. The summed E-state index contributed by atoms with van der Waals surface area (Å²) in [6.07, 6.45) is 0.542. The summed E-state index contributed by atoms with van der Waals surface area (Å²) >= 11 is 11.9. The number of aromatic nitrogens is 1. The number of hydrazone groups is 1. The summed E-state index contributed by atoms with van der Waals surface area (Å²) in [5.41, 5.74) is 4.59. The Hall–Kier alpha value is -3.48. The highest BCUT2D eigenvalue weighted by atomic mass is 35.5. The Balaban J connectivity index is 1.75. The Morgan fingerprint density at radius 1 is 1.06 bits per heavy atom. The second-order valence-electron chi connectivity index (χ2n) is 7.84. The second kappa shape index (κ2) is 8.81. The first-order valence-corrected chi connectivity index (χ1v) is 11.4. The number of hydrogen-bond acceptors (Lipinski definition) is 3. The molecule has 2 N–H and O–H groups in total. The number of rotatable bonds is 3. The Morgan fingerprint density at radius 3 is 2.45 bits per heavy atom. The average molecular weight is 473 g/mol. The Labute approximate surface area is 201 Å². The summed E-state index contributed by atoms with van der Waals surface area (Å²) in [6.45, 7) is 0. The van der Waals surface area contributed by atoms with Crippen molar-refractivity contribution in [3.05, 3.63) is 105 Å². The molecule has 0 bridgehead atoms. The molecular weight excluding hydrogens is 452 g/mol. The minimum absolute atomic E-state index is 0.112. The molecule has 0 aliphatic carbocycles. The van der Waals surface area contributed by atoms with Gasteiger partial charge in [0.25, 0.3) is 5.56 Å². The monoisotopic (exact) mass is 472 g/mol. The molecule has 3 aromatic carbocycles. The first-order chi connectivity index (χ1) is 16.1.